The van der Waals surface area contributed by atoms with E-state index in [0.717, 1.165) is 12.1 Å². The molecule has 0 bridgehead atoms. The number of halogens is 21. The second-order valence-corrected chi connectivity index (χ2v) is 12.3. The zero-order valence-corrected chi connectivity index (χ0v) is 28.2. The third kappa shape index (κ3) is 8.81. The van der Waals surface area contributed by atoms with Crippen molar-refractivity contribution in [3.8, 4) is 22.6 Å². The van der Waals surface area contributed by atoms with E-state index in [-0.39, 0.29) is 29.0 Å². The number of aliphatic hydroxyl groups is 4. The first-order valence-electron chi connectivity index (χ1n) is 15.5. The smallest absolute Gasteiger partial charge is 0.460 e. The van der Waals surface area contributed by atoms with Crippen LogP contribution in [0.2, 0.25) is 0 Å². The van der Waals surface area contributed by atoms with Gasteiger partial charge in [0.1, 0.15) is 36.9 Å². The van der Waals surface area contributed by atoms with E-state index in [2.05, 4.69) is 0 Å². The number of ether oxygens (including phenoxy) is 2. The molecule has 2 aromatic rings. The van der Waals surface area contributed by atoms with E-state index >= 15 is 0 Å². The molecule has 6 nitrogen and oxygen atoms in total. The van der Waals surface area contributed by atoms with Gasteiger partial charge in [0.2, 0.25) is 0 Å². The number of aryl methyl sites for hydroxylation is 1. The average Bonchev–Trinajstić information content (AvgIpc) is 3.11. The average molecular weight is 895 g/mol. The van der Waals surface area contributed by atoms with Crippen LogP contribution in [0.15, 0.2) is 42.5 Å². The number of benzene rings is 2. The lowest BCUT2D eigenvalue weighted by Gasteiger charge is -2.44. The molecule has 0 aliphatic rings. The number of alkyl halides is 21. The zero-order valence-electron chi connectivity index (χ0n) is 28.2. The summed E-state index contributed by atoms with van der Waals surface area (Å²) in [5.41, 5.74) is -0.0239. The molecule has 0 saturated carbocycles. The van der Waals surface area contributed by atoms with Crippen LogP contribution in [0, 0.1) is 0 Å². The van der Waals surface area contributed by atoms with Gasteiger partial charge in [-0.1, -0.05) is 18.2 Å². The molecule has 2 atom stereocenters. The molecule has 0 spiro atoms. The van der Waals surface area contributed by atoms with Gasteiger partial charge >= 0.3 is 59.5 Å². The minimum Gasteiger partial charge on any atom is -0.491 e. The summed E-state index contributed by atoms with van der Waals surface area (Å²) in [6.45, 7) is -2.72. The van der Waals surface area contributed by atoms with Crippen molar-refractivity contribution < 1.29 is 122 Å². The van der Waals surface area contributed by atoms with Gasteiger partial charge in [-0.15, -0.1) is 0 Å². The van der Waals surface area contributed by atoms with Crippen molar-refractivity contribution in [2.24, 2.45) is 0 Å². The van der Waals surface area contributed by atoms with Gasteiger partial charge in [-0.05, 0) is 53.8 Å². The molecule has 334 valence electrons. The van der Waals surface area contributed by atoms with Crippen LogP contribution in [0.25, 0.3) is 11.1 Å². The Balaban J connectivity index is 2.48. The predicted octanol–water partition coefficient (Wildman–Crippen LogP) is 8.42. The molecule has 0 saturated heterocycles. The first kappa shape index (κ1) is 50.6. The van der Waals surface area contributed by atoms with Gasteiger partial charge in [0.15, 0.2) is 0 Å². The lowest BCUT2D eigenvalue weighted by atomic mass is 9.85. The van der Waals surface area contributed by atoms with Gasteiger partial charge in [0.25, 0.3) is 0 Å². The Morgan fingerprint density at radius 1 is 0.466 bits per heavy atom. The Bertz CT molecular complexity index is 1660. The van der Waals surface area contributed by atoms with Gasteiger partial charge in [-0.25, -0.2) is 0 Å². The van der Waals surface area contributed by atoms with Gasteiger partial charge in [-0.3, -0.25) is 0 Å². The third-order valence-electron chi connectivity index (χ3n) is 8.06. The van der Waals surface area contributed by atoms with Gasteiger partial charge in [-0.2, -0.15) is 92.2 Å². The quantitative estimate of drug-likeness (QED) is 0.0941. The first-order valence-corrected chi connectivity index (χ1v) is 15.5. The topological polar surface area (TPSA) is 99.4 Å². The van der Waals surface area contributed by atoms with Crippen LogP contribution in [0.4, 0.5) is 92.2 Å². The fourth-order valence-electron chi connectivity index (χ4n) is 4.57. The lowest BCUT2D eigenvalue weighted by Crippen LogP contribution is -2.76. The van der Waals surface area contributed by atoms with Crippen LogP contribution in [0.1, 0.15) is 18.4 Å². The van der Waals surface area contributed by atoms with E-state index in [1.807, 2.05) is 0 Å². The number of rotatable bonds is 21. The van der Waals surface area contributed by atoms with Crippen molar-refractivity contribution in [3.05, 3.63) is 48.0 Å². The predicted molar refractivity (Wildman–Crippen MR) is 153 cm³/mol. The molecule has 0 amide bonds. The summed E-state index contributed by atoms with van der Waals surface area (Å²) >= 11 is 0. The molecule has 0 aromatic heterocycles. The molecule has 27 heteroatoms. The van der Waals surface area contributed by atoms with Gasteiger partial charge in [0.05, 0.1) is 13.2 Å². The van der Waals surface area contributed by atoms with Crippen molar-refractivity contribution in [2.45, 2.75) is 90.9 Å². The fourth-order valence-corrected chi connectivity index (χ4v) is 4.57. The summed E-state index contributed by atoms with van der Waals surface area (Å²) in [5, 5.41) is 36.7. The zero-order chi connectivity index (χ0) is 45.4. The van der Waals surface area contributed by atoms with E-state index in [0.29, 0.717) is 0 Å². The maximum absolute atomic E-state index is 14.6. The van der Waals surface area contributed by atoms with Crippen molar-refractivity contribution in [1.82, 2.24) is 0 Å². The standard InChI is InChI=1S/C31H27F21O6/c32-22(33,23(34,35)24(36,37)25(38,39)26(40,41)27(42,43)28(44,45)29(46,47)30(48,49)31(50,51)52)9-1-2-17-10-16(5-8-21(17)58-14-19(56)12-54)15-3-6-20(7-4-15)57-13-18(55)11-53/h3-8,10,18-19,53-56H,1-2,9,11-14H2. The van der Waals surface area contributed by atoms with Crippen molar-refractivity contribution in [3.63, 3.8) is 0 Å². The molecule has 0 aliphatic heterocycles. The number of hydrogen-bond acceptors (Lipinski definition) is 6. The van der Waals surface area contributed by atoms with Crippen LogP contribution in [-0.2, 0) is 6.42 Å². The summed E-state index contributed by atoms with van der Waals surface area (Å²) in [4.78, 5) is 0. The van der Waals surface area contributed by atoms with E-state index < -0.39 is 117 Å². The van der Waals surface area contributed by atoms with E-state index in [1.54, 1.807) is 0 Å². The number of aliphatic hydroxyl groups excluding tert-OH is 4. The highest BCUT2D eigenvalue weighted by atomic mass is 19.4. The van der Waals surface area contributed by atoms with Crippen LogP contribution < -0.4 is 9.47 Å². The number of hydrogen-bond donors (Lipinski definition) is 4. The molecule has 0 fully saturated rings. The molecule has 2 rings (SSSR count). The summed E-state index contributed by atoms with van der Waals surface area (Å²) in [6.07, 6.45) is -16.4. The molecular weight excluding hydrogens is 867 g/mol. The highest BCUT2D eigenvalue weighted by Gasteiger charge is 2.97. The Hall–Kier alpha value is -3.59. The largest absolute Gasteiger partial charge is 0.491 e. The molecule has 2 aromatic carbocycles. The highest BCUT2D eigenvalue weighted by Crippen LogP contribution is 2.66. The SMILES string of the molecule is OCC(O)COc1ccc(-c2ccc(OCC(O)CO)c(CCCC(F)(F)C(F)(F)C(F)(F)C(F)(F)C(F)(F)C(F)(F)C(F)(F)C(F)(F)C(F)(F)C(F)(F)F)c2)cc1. The lowest BCUT2D eigenvalue weighted by molar-refractivity contribution is -0.474. The Morgan fingerprint density at radius 3 is 1.26 bits per heavy atom. The molecule has 0 aliphatic carbocycles. The molecular formula is C31H27F21O6. The summed E-state index contributed by atoms with van der Waals surface area (Å²) in [7, 11) is 0. The molecule has 2 unspecified atom stereocenters. The van der Waals surface area contributed by atoms with E-state index in [4.69, 9.17) is 19.7 Å². The van der Waals surface area contributed by atoms with Crippen LogP contribution in [0.5, 0.6) is 11.5 Å². The van der Waals surface area contributed by atoms with Gasteiger partial charge < -0.3 is 29.9 Å². The van der Waals surface area contributed by atoms with Crippen molar-refractivity contribution in [2.75, 3.05) is 26.4 Å². The summed E-state index contributed by atoms with van der Waals surface area (Å²) in [6, 6.07) is 8.54. The molecule has 0 heterocycles. The van der Waals surface area contributed by atoms with Crippen LogP contribution in [0.3, 0.4) is 0 Å². The maximum atomic E-state index is 14.6. The Kier molecular flexibility index (Phi) is 14.7. The summed E-state index contributed by atoms with van der Waals surface area (Å²) < 4.78 is 299. The van der Waals surface area contributed by atoms with E-state index in [1.165, 1.54) is 30.3 Å². The Morgan fingerprint density at radius 2 is 0.845 bits per heavy atom. The monoisotopic (exact) mass is 894 g/mol. The third-order valence-corrected chi connectivity index (χ3v) is 8.06. The molecule has 0 radical (unpaired) electrons. The first-order chi connectivity index (χ1) is 26.0. The highest BCUT2D eigenvalue weighted by molar-refractivity contribution is 5.66. The maximum Gasteiger partial charge on any atom is 0.460 e. The van der Waals surface area contributed by atoms with Crippen LogP contribution in [-0.4, -0.2) is 119 Å². The minimum absolute atomic E-state index is 0.105. The normalized spacial score (nSPS) is 15.7. The van der Waals surface area contributed by atoms with Crippen LogP contribution >= 0.6 is 0 Å². The Labute approximate surface area is 310 Å². The van der Waals surface area contributed by atoms with Crippen molar-refractivity contribution in [1.29, 1.82) is 0 Å². The second kappa shape index (κ2) is 16.8. The van der Waals surface area contributed by atoms with Gasteiger partial charge in [0, 0.05) is 6.42 Å². The van der Waals surface area contributed by atoms with Crippen molar-refractivity contribution >= 4 is 0 Å². The summed E-state index contributed by atoms with van der Waals surface area (Å²) in [5.74, 6) is -78.0. The fraction of sp³-hybridized carbons (Fsp3) is 0.613. The van der Waals surface area contributed by atoms with E-state index in [9.17, 15) is 102 Å². The second-order valence-electron chi connectivity index (χ2n) is 12.3. The minimum atomic E-state index is -9.25. The molecule has 58 heavy (non-hydrogen) atoms. The molecule has 4 N–H and O–H groups in total.